The standard InChI is InChI=1S/C26H31N7O2/c1-6-7-14-32-21-22(29-24(32)30(4)16-26(2,3)28)31(5)25(35)33(23(21)34)15-17-12-13-20(27)19-11-9-8-10-18(17)19/h8-13H,14-16,27-28H2,1-5H3. The van der Waals surface area contributed by atoms with Gasteiger partial charge in [0.2, 0.25) is 5.95 Å². The van der Waals surface area contributed by atoms with Gasteiger partial charge in [-0.15, -0.1) is 5.92 Å². The average Bonchev–Trinajstić information content (AvgIpc) is 3.19. The number of rotatable bonds is 6. The van der Waals surface area contributed by atoms with Gasteiger partial charge < -0.3 is 16.4 Å². The molecule has 35 heavy (non-hydrogen) atoms. The Morgan fingerprint density at radius 3 is 2.43 bits per heavy atom. The Morgan fingerprint density at radius 1 is 1.09 bits per heavy atom. The van der Waals surface area contributed by atoms with Crippen molar-refractivity contribution in [3.63, 3.8) is 0 Å². The van der Waals surface area contributed by atoms with Gasteiger partial charge in [-0.25, -0.2) is 4.79 Å². The van der Waals surface area contributed by atoms with Gasteiger partial charge in [0.05, 0.1) is 13.1 Å². The van der Waals surface area contributed by atoms with Crippen LogP contribution in [0.4, 0.5) is 11.6 Å². The molecule has 0 bridgehead atoms. The summed E-state index contributed by atoms with van der Waals surface area (Å²) in [5.74, 6) is 6.44. The number of nitrogens with two attached hydrogens (primary N) is 2. The SMILES string of the molecule is CC#CCn1c(N(C)CC(C)(C)N)nc2c1c(=O)n(Cc1ccc(N)c3ccccc13)c(=O)n2C. The van der Waals surface area contributed by atoms with E-state index in [1.807, 2.05) is 56.1 Å². The summed E-state index contributed by atoms with van der Waals surface area (Å²) in [4.78, 5) is 33.7. The van der Waals surface area contributed by atoms with Crippen LogP contribution in [0.15, 0.2) is 46.0 Å². The monoisotopic (exact) mass is 473 g/mol. The molecule has 9 nitrogen and oxygen atoms in total. The average molecular weight is 474 g/mol. The molecule has 0 atom stereocenters. The number of hydrogen-bond donors (Lipinski definition) is 2. The van der Waals surface area contributed by atoms with Crippen molar-refractivity contribution >= 4 is 33.6 Å². The molecule has 0 unspecified atom stereocenters. The molecule has 0 spiro atoms. The maximum absolute atomic E-state index is 13.8. The molecule has 9 heteroatoms. The second-order valence-electron chi connectivity index (χ2n) is 9.53. The zero-order chi connectivity index (χ0) is 25.5. The van der Waals surface area contributed by atoms with Crippen LogP contribution >= 0.6 is 0 Å². The largest absolute Gasteiger partial charge is 0.398 e. The van der Waals surface area contributed by atoms with E-state index in [1.165, 1.54) is 9.13 Å². The zero-order valence-electron chi connectivity index (χ0n) is 20.8. The smallest absolute Gasteiger partial charge is 0.332 e. The molecule has 2 aromatic carbocycles. The summed E-state index contributed by atoms with van der Waals surface area (Å²) < 4.78 is 4.42. The van der Waals surface area contributed by atoms with E-state index in [4.69, 9.17) is 11.5 Å². The molecule has 0 aliphatic heterocycles. The van der Waals surface area contributed by atoms with Crippen molar-refractivity contribution < 1.29 is 0 Å². The van der Waals surface area contributed by atoms with E-state index in [2.05, 4.69) is 16.8 Å². The second-order valence-corrected chi connectivity index (χ2v) is 9.53. The molecule has 4 N–H and O–H groups in total. The van der Waals surface area contributed by atoms with E-state index in [1.54, 1.807) is 24.6 Å². The Hall–Kier alpha value is -4.03. The first kappa shape index (κ1) is 24.1. The van der Waals surface area contributed by atoms with E-state index in [0.717, 1.165) is 16.3 Å². The summed E-state index contributed by atoms with van der Waals surface area (Å²) in [6, 6.07) is 11.3. The van der Waals surface area contributed by atoms with Gasteiger partial charge in [-0.2, -0.15) is 4.98 Å². The molecule has 0 aliphatic rings. The number of imidazole rings is 1. The fourth-order valence-electron chi connectivity index (χ4n) is 4.47. The van der Waals surface area contributed by atoms with Crippen molar-refractivity contribution in [3.8, 4) is 11.8 Å². The highest BCUT2D eigenvalue weighted by Crippen LogP contribution is 2.25. The van der Waals surface area contributed by atoms with Gasteiger partial charge in [-0.05, 0) is 37.8 Å². The molecular weight excluding hydrogens is 442 g/mol. The first-order valence-electron chi connectivity index (χ1n) is 11.4. The molecule has 2 aromatic heterocycles. The van der Waals surface area contributed by atoms with Crippen LogP contribution in [0.5, 0.6) is 0 Å². The molecule has 4 aromatic rings. The van der Waals surface area contributed by atoms with E-state index in [9.17, 15) is 9.59 Å². The van der Waals surface area contributed by atoms with Crippen molar-refractivity contribution in [1.29, 1.82) is 0 Å². The second kappa shape index (κ2) is 8.96. The number of aryl methyl sites for hydroxylation is 1. The van der Waals surface area contributed by atoms with Crippen molar-refractivity contribution in [1.82, 2.24) is 18.7 Å². The number of likely N-dealkylation sites (N-methyl/N-ethyl adjacent to an activating group) is 1. The first-order chi connectivity index (χ1) is 16.5. The van der Waals surface area contributed by atoms with Crippen LogP contribution in [0.2, 0.25) is 0 Å². The predicted molar refractivity (Wildman–Crippen MR) is 142 cm³/mol. The molecule has 0 aliphatic carbocycles. The highest BCUT2D eigenvalue weighted by Gasteiger charge is 2.24. The number of aromatic nitrogens is 4. The Balaban J connectivity index is 1.96. The number of benzene rings is 2. The highest BCUT2D eigenvalue weighted by molar-refractivity contribution is 5.95. The maximum atomic E-state index is 13.8. The minimum absolute atomic E-state index is 0.105. The summed E-state index contributed by atoms with van der Waals surface area (Å²) >= 11 is 0. The van der Waals surface area contributed by atoms with E-state index < -0.39 is 16.8 Å². The molecule has 0 fully saturated rings. The highest BCUT2D eigenvalue weighted by atomic mass is 16.2. The predicted octanol–water partition coefficient (Wildman–Crippen LogP) is 1.88. The topological polar surface area (TPSA) is 117 Å². The van der Waals surface area contributed by atoms with E-state index in [0.29, 0.717) is 29.3 Å². The minimum atomic E-state index is -0.490. The number of fused-ring (bicyclic) bond motifs is 2. The van der Waals surface area contributed by atoms with Crippen molar-refractivity contribution in [3.05, 3.63) is 62.8 Å². The van der Waals surface area contributed by atoms with E-state index >= 15 is 0 Å². The van der Waals surface area contributed by atoms with Crippen LogP contribution in [0.25, 0.3) is 21.9 Å². The Labute approximate surface area is 203 Å². The third-order valence-corrected chi connectivity index (χ3v) is 5.99. The number of nitrogen functional groups attached to an aromatic ring is 1. The molecular formula is C26H31N7O2. The lowest BCUT2D eigenvalue weighted by Gasteiger charge is -2.27. The summed E-state index contributed by atoms with van der Waals surface area (Å²) in [7, 11) is 3.49. The summed E-state index contributed by atoms with van der Waals surface area (Å²) in [5, 5.41) is 1.78. The van der Waals surface area contributed by atoms with Crippen molar-refractivity contribution in [2.45, 2.75) is 39.4 Å². The lowest BCUT2D eigenvalue weighted by molar-refractivity contribution is 0.512. The van der Waals surface area contributed by atoms with Crippen LogP contribution in [-0.2, 0) is 20.1 Å². The molecule has 182 valence electrons. The summed E-state index contributed by atoms with van der Waals surface area (Å²) in [6.07, 6.45) is 0. The third-order valence-electron chi connectivity index (χ3n) is 5.99. The van der Waals surface area contributed by atoms with Gasteiger partial charge in [0.15, 0.2) is 11.2 Å². The van der Waals surface area contributed by atoms with Crippen molar-refractivity contribution in [2.75, 3.05) is 24.2 Å². The number of nitrogens with zero attached hydrogens (tertiary/aromatic N) is 5. The van der Waals surface area contributed by atoms with Crippen molar-refractivity contribution in [2.24, 2.45) is 12.8 Å². The fourth-order valence-corrected chi connectivity index (χ4v) is 4.47. The van der Waals surface area contributed by atoms with Gasteiger partial charge >= 0.3 is 5.69 Å². The minimum Gasteiger partial charge on any atom is -0.398 e. The van der Waals surface area contributed by atoms with Crippen LogP contribution in [0.3, 0.4) is 0 Å². The molecule has 4 rings (SSSR count). The van der Waals surface area contributed by atoms with Gasteiger partial charge in [0.25, 0.3) is 5.56 Å². The van der Waals surface area contributed by atoms with E-state index in [-0.39, 0.29) is 13.1 Å². The number of hydrogen-bond acceptors (Lipinski definition) is 6. The fraction of sp³-hybridized carbons (Fsp3) is 0.346. The van der Waals surface area contributed by atoms with Gasteiger partial charge in [-0.1, -0.05) is 36.3 Å². The first-order valence-corrected chi connectivity index (χ1v) is 11.4. The van der Waals surface area contributed by atoms with Crippen LogP contribution in [0.1, 0.15) is 26.3 Å². The number of anilines is 2. The van der Waals surface area contributed by atoms with Gasteiger partial charge in [-0.3, -0.25) is 18.5 Å². The zero-order valence-corrected chi connectivity index (χ0v) is 20.8. The maximum Gasteiger partial charge on any atom is 0.332 e. The molecule has 2 heterocycles. The molecule has 0 saturated heterocycles. The Kier molecular flexibility index (Phi) is 6.17. The van der Waals surface area contributed by atoms with Crippen LogP contribution in [0, 0.1) is 11.8 Å². The normalized spacial score (nSPS) is 11.6. The lowest BCUT2D eigenvalue weighted by Crippen LogP contribution is -2.44. The molecule has 0 radical (unpaired) electrons. The molecule has 0 amide bonds. The lowest BCUT2D eigenvalue weighted by atomic mass is 10.0. The third kappa shape index (κ3) is 4.40. The van der Waals surface area contributed by atoms with Crippen LogP contribution < -0.4 is 27.6 Å². The quantitative estimate of drug-likeness (QED) is 0.326. The summed E-state index contributed by atoms with van der Waals surface area (Å²) in [6.45, 7) is 6.44. The van der Waals surface area contributed by atoms with Crippen LogP contribution in [-0.4, -0.2) is 37.8 Å². The summed E-state index contributed by atoms with van der Waals surface area (Å²) in [5.41, 5.74) is 13.1. The Morgan fingerprint density at radius 2 is 1.77 bits per heavy atom. The van der Waals surface area contributed by atoms with Gasteiger partial charge in [0, 0.05) is 37.3 Å². The van der Waals surface area contributed by atoms with Gasteiger partial charge in [0.1, 0.15) is 0 Å². The Bertz CT molecular complexity index is 1610. The molecule has 0 saturated carbocycles.